The van der Waals surface area contributed by atoms with Gasteiger partial charge in [0, 0.05) is 18.7 Å². The molecule has 0 saturated heterocycles. The van der Waals surface area contributed by atoms with Crippen LogP contribution in [0.4, 0.5) is 0 Å². The summed E-state index contributed by atoms with van der Waals surface area (Å²) in [5, 5.41) is 8.64. The third-order valence-electron chi connectivity index (χ3n) is 3.13. The van der Waals surface area contributed by atoms with Crippen LogP contribution in [0.15, 0.2) is 0 Å². The topological polar surface area (TPSA) is 29.9 Å². The zero-order chi connectivity index (χ0) is 11.5. The molecule has 0 radical (unpaired) electrons. The van der Waals surface area contributed by atoms with Crippen LogP contribution in [0.2, 0.25) is 5.15 Å². The molecule has 1 saturated carbocycles. The minimum absolute atomic E-state index is 0.799. The Hall–Kier alpha value is -0.540. The van der Waals surface area contributed by atoms with Crippen LogP contribution >= 0.6 is 11.6 Å². The zero-order valence-corrected chi connectivity index (χ0v) is 10.8. The van der Waals surface area contributed by atoms with Crippen LogP contribution in [0, 0.1) is 6.92 Å². The van der Waals surface area contributed by atoms with Gasteiger partial charge in [-0.15, -0.1) is 0 Å². The summed E-state index contributed by atoms with van der Waals surface area (Å²) >= 11 is 6.17. The number of aryl methyl sites for hydroxylation is 2. The summed E-state index contributed by atoms with van der Waals surface area (Å²) < 4.78 is 1.76. The number of nitrogens with one attached hydrogen (secondary N) is 1. The van der Waals surface area contributed by atoms with Gasteiger partial charge in [0.25, 0.3) is 0 Å². The monoisotopic (exact) mass is 241 g/mol. The first-order valence-electron chi connectivity index (χ1n) is 6.10. The Morgan fingerprint density at radius 1 is 1.44 bits per heavy atom. The van der Waals surface area contributed by atoms with E-state index in [4.69, 9.17) is 11.6 Å². The maximum atomic E-state index is 6.17. The Morgan fingerprint density at radius 3 is 2.75 bits per heavy atom. The summed E-state index contributed by atoms with van der Waals surface area (Å²) in [5.74, 6) is 0. The number of rotatable bonds is 6. The van der Waals surface area contributed by atoms with Crippen molar-refractivity contribution in [2.45, 2.75) is 45.1 Å². The molecule has 1 aromatic heterocycles. The van der Waals surface area contributed by atoms with Gasteiger partial charge in [0.15, 0.2) is 0 Å². The van der Waals surface area contributed by atoms with Gasteiger partial charge in [0.1, 0.15) is 5.15 Å². The predicted molar refractivity (Wildman–Crippen MR) is 66.9 cm³/mol. The fourth-order valence-electron chi connectivity index (χ4n) is 1.98. The van der Waals surface area contributed by atoms with E-state index < -0.39 is 0 Å². The van der Waals surface area contributed by atoms with E-state index in [0.29, 0.717) is 0 Å². The van der Waals surface area contributed by atoms with Crippen LogP contribution in [0.5, 0.6) is 0 Å². The summed E-state index contributed by atoms with van der Waals surface area (Å²) in [6, 6.07) is 0.823. The molecule has 0 atom stereocenters. The zero-order valence-electron chi connectivity index (χ0n) is 10.1. The van der Waals surface area contributed by atoms with E-state index in [-0.39, 0.29) is 0 Å². The van der Waals surface area contributed by atoms with E-state index in [9.17, 15) is 0 Å². The highest BCUT2D eigenvalue weighted by molar-refractivity contribution is 6.30. The molecule has 4 heteroatoms. The number of halogens is 1. The van der Waals surface area contributed by atoms with Gasteiger partial charge in [-0.3, -0.25) is 4.68 Å². The molecule has 1 N–H and O–H groups in total. The second kappa shape index (κ2) is 5.19. The summed E-state index contributed by atoms with van der Waals surface area (Å²) in [4.78, 5) is 0. The molecule has 3 nitrogen and oxygen atoms in total. The molecule has 2 rings (SSSR count). The number of aromatic nitrogens is 2. The lowest BCUT2D eigenvalue weighted by Crippen LogP contribution is -2.17. The highest BCUT2D eigenvalue weighted by Crippen LogP contribution is 2.21. The average molecular weight is 242 g/mol. The van der Waals surface area contributed by atoms with Crippen molar-refractivity contribution in [2.24, 2.45) is 7.05 Å². The molecule has 0 aliphatic heterocycles. The second-order valence-electron chi connectivity index (χ2n) is 4.66. The maximum Gasteiger partial charge on any atom is 0.130 e. The van der Waals surface area contributed by atoms with E-state index in [1.807, 2.05) is 14.0 Å². The molecule has 0 amide bonds. The van der Waals surface area contributed by atoms with Crippen molar-refractivity contribution in [1.29, 1.82) is 0 Å². The van der Waals surface area contributed by atoms with Gasteiger partial charge in [-0.05, 0) is 45.6 Å². The number of unbranched alkanes of at least 4 members (excludes halogenated alkanes) is 1. The molecule has 90 valence electrons. The van der Waals surface area contributed by atoms with Crippen molar-refractivity contribution in [3.63, 3.8) is 0 Å². The molecule has 16 heavy (non-hydrogen) atoms. The van der Waals surface area contributed by atoms with Crippen LogP contribution < -0.4 is 5.32 Å². The third-order valence-corrected chi connectivity index (χ3v) is 3.61. The van der Waals surface area contributed by atoms with Crippen molar-refractivity contribution in [3.05, 3.63) is 16.4 Å². The third kappa shape index (κ3) is 2.98. The van der Waals surface area contributed by atoms with Crippen LogP contribution in [-0.2, 0) is 13.5 Å². The van der Waals surface area contributed by atoms with Crippen molar-refractivity contribution in [2.75, 3.05) is 6.54 Å². The Kier molecular flexibility index (Phi) is 3.87. The van der Waals surface area contributed by atoms with E-state index in [1.165, 1.54) is 31.2 Å². The minimum atomic E-state index is 0.799. The van der Waals surface area contributed by atoms with Crippen molar-refractivity contribution in [1.82, 2.24) is 15.1 Å². The van der Waals surface area contributed by atoms with E-state index in [1.54, 1.807) is 4.68 Å². The highest BCUT2D eigenvalue weighted by atomic mass is 35.5. The molecule has 1 heterocycles. The molecule has 0 spiro atoms. The Bertz CT molecular complexity index is 355. The molecular weight excluding hydrogens is 222 g/mol. The molecule has 0 aromatic carbocycles. The SMILES string of the molecule is Cc1nn(C)c(Cl)c1CCCCNC1CC1. The largest absolute Gasteiger partial charge is 0.314 e. The fourth-order valence-corrected chi connectivity index (χ4v) is 2.25. The smallest absolute Gasteiger partial charge is 0.130 e. The summed E-state index contributed by atoms with van der Waals surface area (Å²) in [7, 11) is 1.90. The predicted octanol–water partition coefficient (Wildman–Crippen LogP) is 2.46. The standard InChI is InChI=1S/C12H20ClN3/c1-9-11(12(13)16(2)15-9)5-3-4-8-14-10-6-7-10/h10,14H,3-8H2,1-2H3. The molecule has 1 fully saturated rings. The molecule has 1 aliphatic rings. The first kappa shape index (κ1) is 11.9. The number of hydrogen-bond donors (Lipinski definition) is 1. The van der Waals surface area contributed by atoms with E-state index >= 15 is 0 Å². The molecular formula is C12H20ClN3. The normalized spacial score (nSPS) is 15.7. The number of hydrogen-bond acceptors (Lipinski definition) is 2. The Balaban J connectivity index is 1.71. The van der Waals surface area contributed by atoms with E-state index in [0.717, 1.165) is 29.9 Å². The average Bonchev–Trinajstić information content (AvgIpc) is 3.02. The summed E-state index contributed by atoms with van der Waals surface area (Å²) in [6.45, 7) is 3.17. The van der Waals surface area contributed by atoms with Crippen LogP contribution in [0.3, 0.4) is 0 Å². The van der Waals surface area contributed by atoms with Gasteiger partial charge < -0.3 is 5.32 Å². The van der Waals surface area contributed by atoms with Crippen molar-refractivity contribution in [3.8, 4) is 0 Å². The van der Waals surface area contributed by atoms with Gasteiger partial charge in [-0.1, -0.05) is 11.6 Å². The van der Waals surface area contributed by atoms with Crippen LogP contribution in [0.1, 0.15) is 36.9 Å². The minimum Gasteiger partial charge on any atom is -0.314 e. The lowest BCUT2D eigenvalue weighted by atomic mass is 10.1. The van der Waals surface area contributed by atoms with E-state index in [2.05, 4.69) is 10.4 Å². The quantitative estimate of drug-likeness (QED) is 0.776. The lowest BCUT2D eigenvalue weighted by molar-refractivity contribution is 0.619. The highest BCUT2D eigenvalue weighted by Gasteiger charge is 2.19. The second-order valence-corrected chi connectivity index (χ2v) is 5.02. The van der Waals surface area contributed by atoms with Crippen molar-refractivity contribution < 1.29 is 0 Å². The van der Waals surface area contributed by atoms with Crippen LogP contribution in [-0.4, -0.2) is 22.4 Å². The van der Waals surface area contributed by atoms with Gasteiger partial charge >= 0.3 is 0 Å². The fraction of sp³-hybridized carbons (Fsp3) is 0.750. The van der Waals surface area contributed by atoms with Gasteiger partial charge in [0.05, 0.1) is 5.69 Å². The number of nitrogens with zero attached hydrogens (tertiary/aromatic N) is 2. The van der Waals surface area contributed by atoms with Gasteiger partial charge in [-0.25, -0.2) is 0 Å². The molecule has 0 bridgehead atoms. The molecule has 1 aromatic rings. The van der Waals surface area contributed by atoms with Crippen molar-refractivity contribution >= 4 is 11.6 Å². The first-order valence-corrected chi connectivity index (χ1v) is 6.47. The maximum absolute atomic E-state index is 6.17. The molecule has 0 unspecified atom stereocenters. The summed E-state index contributed by atoms with van der Waals surface area (Å²) in [6.07, 6.45) is 6.19. The Labute approximate surface area is 102 Å². The molecule has 1 aliphatic carbocycles. The Morgan fingerprint density at radius 2 is 2.19 bits per heavy atom. The first-order chi connectivity index (χ1) is 7.68. The lowest BCUT2D eigenvalue weighted by Gasteiger charge is -2.03. The summed E-state index contributed by atoms with van der Waals surface area (Å²) in [5.41, 5.74) is 2.29. The van der Waals surface area contributed by atoms with Crippen LogP contribution in [0.25, 0.3) is 0 Å². The van der Waals surface area contributed by atoms with Gasteiger partial charge in [0.2, 0.25) is 0 Å². The van der Waals surface area contributed by atoms with Gasteiger partial charge in [-0.2, -0.15) is 5.10 Å².